The van der Waals surface area contributed by atoms with Crippen molar-refractivity contribution in [1.82, 2.24) is 15.0 Å². The fraction of sp³-hybridized carbons (Fsp3) is 0. The fourth-order valence-electron chi connectivity index (χ4n) is 1.71. The third-order valence-electron chi connectivity index (χ3n) is 2.60. The number of nitrogens with zero attached hydrogens (tertiary/aromatic N) is 4. The van der Waals surface area contributed by atoms with Gasteiger partial charge in [-0.2, -0.15) is 0 Å². The van der Waals surface area contributed by atoms with Crippen molar-refractivity contribution >= 4 is 23.2 Å². The summed E-state index contributed by atoms with van der Waals surface area (Å²) >= 11 is 1.45. The zero-order chi connectivity index (χ0) is 13.1. The minimum absolute atomic E-state index is 0.656. The zero-order valence-electron chi connectivity index (χ0n) is 10.0. The van der Waals surface area contributed by atoms with Gasteiger partial charge in [-0.25, -0.2) is 15.0 Å². The van der Waals surface area contributed by atoms with E-state index in [1.165, 1.54) is 11.3 Å². The first-order chi connectivity index (χ1) is 9.36. The molecular formula is C14H10N4S. The summed E-state index contributed by atoms with van der Waals surface area (Å²) in [4.78, 5) is 16.9. The number of aromatic nitrogens is 3. The molecule has 3 aromatic rings. The van der Waals surface area contributed by atoms with Crippen LogP contribution in [0.25, 0.3) is 22.6 Å². The predicted molar refractivity (Wildman–Crippen MR) is 77.8 cm³/mol. The van der Waals surface area contributed by atoms with Crippen LogP contribution in [-0.2, 0) is 0 Å². The molecule has 0 saturated carbocycles. The molecule has 0 amide bonds. The van der Waals surface area contributed by atoms with E-state index in [1.807, 2.05) is 35.7 Å². The lowest BCUT2D eigenvalue weighted by Crippen LogP contribution is -1.88. The van der Waals surface area contributed by atoms with Crippen molar-refractivity contribution in [2.45, 2.75) is 0 Å². The molecule has 0 fully saturated rings. The molecule has 3 aromatic heterocycles. The van der Waals surface area contributed by atoms with Crippen LogP contribution in [0.15, 0.2) is 53.1 Å². The summed E-state index contributed by atoms with van der Waals surface area (Å²) in [6.45, 7) is 3.47. The first kappa shape index (κ1) is 11.7. The second-order valence-electron chi connectivity index (χ2n) is 3.82. The van der Waals surface area contributed by atoms with E-state index < -0.39 is 0 Å². The number of hydrogen-bond donors (Lipinski definition) is 0. The van der Waals surface area contributed by atoms with Crippen molar-refractivity contribution < 1.29 is 0 Å². The van der Waals surface area contributed by atoms with E-state index in [1.54, 1.807) is 12.4 Å². The Morgan fingerprint density at radius 3 is 2.63 bits per heavy atom. The highest BCUT2D eigenvalue weighted by Gasteiger charge is 2.06. The van der Waals surface area contributed by atoms with Gasteiger partial charge in [0.1, 0.15) is 5.69 Å². The van der Waals surface area contributed by atoms with Crippen LogP contribution >= 0.6 is 11.3 Å². The molecule has 0 aliphatic carbocycles. The van der Waals surface area contributed by atoms with Gasteiger partial charge in [0, 0.05) is 23.3 Å². The zero-order valence-corrected chi connectivity index (χ0v) is 10.8. The molecule has 0 spiro atoms. The number of pyridine rings is 2. The van der Waals surface area contributed by atoms with Gasteiger partial charge in [0.2, 0.25) is 5.13 Å². The molecule has 0 saturated heterocycles. The van der Waals surface area contributed by atoms with Crippen molar-refractivity contribution in [1.29, 1.82) is 0 Å². The predicted octanol–water partition coefficient (Wildman–Crippen LogP) is 3.60. The Balaban J connectivity index is 2.02. The summed E-state index contributed by atoms with van der Waals surface area (Å²) in [7, 11) is 0. The molecule has 0 atom stereocenters. The van der Waals surface area contributed by atoms with Gasteiger partial charge < -0.3 is 0 Å². The topological polar surface area (TPSA) is 51.0 Å². The molecule has 0 aliphatic rings. The van der Waals surface area contributed by atoms with Crippen LogP contribution in [0.1, 0.15) is 0 Å². The minimum Gasteiger partial charge on any atom is -0.264 e. The van der Waals surface area contributed by atoms with E-state index in [2.05, 4.69) is 26.7 Å². The van der Waals surface area contributed by atoms with Crippen LogP contribution in [0.2, 0.25) is 0 Å². The van der Waals surface area contributed by atoms with Crippen LogP contribution in [0.3, 0.4) is 0 Å². The average Bonchev–Trinajstić information content (AvgIpc) is 2.97. The summed E-state index contributed by atoms with van der Waals surface area (Å²) in [5.41, 5.74) is 3.51. The van der Waals surface area contributed by atoms with E-state index in [-0.39, 0.29) is 0 Å². The third-order valence-corrected chi connectivity index (χ3v) is 3.37. The second-order valence-corrected chi connectivity index (χ2v) is 4.66. The van der Waals surface area contributed by atoms with Gasteiger partial charge >= 0.3 is 0 Å². The van der Waals surface area contributed by atoms with Gasteiger partial charge in [0.05, 0.1) is 11.4 Å². The lowest BCUT2D eigenvalue weighted by Gasteiger charge is -2.02. The Morgan fingerprint density at radius 2 is 1.89 bits per heavy atom. The number of aliphatic imine (C=N–C) groups is 1. The van der Waals surface area contributed by atoms with Crippen LogP contribution in [0.4, 0.5) is 5.13 Å². The Hall–Kier alpha value is -2.40. The molecule has 5 heteroatoms. The highest BCUT2D eigenvalue weighted by Crippen LogP contribution is 2.26. The molecule has 0 aliphatic heterocycles. The maximum atomic E-state index is 4.60. The average molecular weight is 266 g/mol. The molecule has 3 rings (SSSR count). The molecule has 3 heterocycles. The van der Waals surface area contributed by atoms with Crippen LogP contribution in [-0.4, -0.2) is 21.7 Å². The van der Waals surface area contributed by atoms with E-state index in [9.17, 15) is 0 Å². The monoisotopic (exact) mass is 266 g/mol. The van der Waals surface area contributed by atoms with Crippen molar-refractivity contribution in [3.8, 4) is 22.6 Å². The minimum atomic E-state index is 0.656. The summed E-state index contributed by atoms with van der Waals surface area (Å²) in [5, 5.41) is 2.59. The highest BCUT2D eigenvalue weighted by molar-refractivity contribution is 7.13. The number of hydrogen-bond acceptors (Lipinski definition) is 5. The fourth-order valence-corrected chi connectivity index (χ4v) is 2.32. The third kappa shape index (κ3) is 2.41. The van der Waals surface area contributed by atoms with Gasteiger partial charge in [-0.1, -0.05) is 6.07 Å². The van der Waals surface area contributed by atoms with E-state index >= 15 is 0 Å². The molecular weight excluding hydrogens is 256 g/mol. The van der Waals surface area contributed by atoms with E-state index in [0.717, 1.165) is 22.6 Å². The molecule has 19 heavy (non-hydrogen) atoms. The lowest BCUT2D eigenvalue weighted by molar-refractivity contribution is 1.25. The standard InChI is InChI=1S/C14H10N4S/c1-15-14-18-13(9-19-14)12-6-2-5-11(17-12)10-4-3-7-16-8-10/h2-9H,1H2. The van der Waals surface area contributed by atoms with Gasteiger partial charge in [0.25, 0.3) is 0 Å². The maximum absolute atomic E-state index is 4.60. The van der Waals surface area contributed by atoms with Crippen molar-refractivity contribution in [3.63, 3.8) is 0 Å². The van der Waals surface area contributed by atoms with E-state index in [4.69, 9.17) is 0 Å². The lowest BCUT2D eigenvalue weighted by atomic mass is 10.2. The summed E-state index contributed by atoms with van der Waals surface area (Å²) < 4.78 is 0. The smallest absolute Gasteiger partial charge is 0.209 e. The normalized spacial score (nSPS) is 10.3. The van der Waals surface area contributed by atoms with Gasteiger partial charge in [0.15, 0.2) is 0 Å². The van der Waals surface area contributed by atoms with Crippen molar-refractivity contribution in [2.75, 3.05) is 0 Å². The Labute approximate surface area is 114 Å². The first-order valence-corrected chi connectivity index (χ1v) is 6.55. The van der Waals surface area contributed by atoms with Crippen LogP contribution in [0.5, 0.6) is 0 Å². The Morgan fingerprint density at radius 1 is 1.00 bits per heavy atom. The quantitative estimate of drug-likeness (QED) is 0.680. The molecule has 0 N–H and O–H groups in total. The Bertz CT molecular complexity index is 706. The van der Waals surface area contributed by atoms with Crippen LogP contribution < -0.4 is 0 Å². The Kier molecular flexibility index (Phi) is 3.12. The van der Waals surface area contributed by atoms with Crippen molar-refractivity contribution in [2.24, 2.45) is 4.99 Å². The summed E-state index contributed by atoms with van der Waals surface area (Å²) in [6.07, 6.45) is 3.54. The van der Waals surface area contributed by atoms with Gasteiger partial charge in [-0.05, 0) is 31.0 Å². The molecule has 0 unspecified atom stereocenters. The van der Waals surface area contributed by atoms with Crippen molar-refractivity contribution in [3.05, 3.63) is 48.1 Å². The molecule has 0 radical (unpaired) electrons. The molecule has 0 bridgehead atoms. The molecule has 4 nitrogen and oxygen atoms in total. The van der Waals surface area contributed by atoms with Gasteiger partial charge in [-0.3, -0.25) is 4.98 Å². The van der Waals surface area contributed by atoms with E-state index in [0.29, 0.717) is 5.13 Å². The molecule has 0 aromatic carbocycles. The number of thiazole rings is 1. The largest absolute Gasteiger partial charge is 0.264 e. The maximum Gasteiger partial charge on any atom is 0.209 e. The number of rotatable bonds is 3. The SMILES string of the molecule is C=Nc1nc(-c2cccc(-c3cccnc3)n2)cs1. The highest BCUT2D eigenvalue weighted by atomic mass is 32.1. The van der Waals surface area contributed by atoms with Gasteiger partial charge in [-0.15, -0.1) is 11.3 Å². The molecule has 92 valence electrons. The summed E-state index contributed by atoms with van der Waals surface area (Å²) in [5.74, 6) is 0. The van der Waals surface area contributed by atoms with Crippen LogP contribution in [0, 0.1) is 0 Å². The summed E-state index contributed by atoms with van der Waals surface area (Å²) in [6, 6.07) is 9.73. The first-order valence-electron chi connectivity index (χ1n) is 5.67. The second kappa shape index (κ2) is 5.07.